The number of carbonyl (C=O) groups excluding carboxylic acids is 2. The highest BCUT2D eigenvalue weighted by atomic mass is 16.5. The minimum atomic E-state index is -0.370. The molecule has 3 aromatic rings. The van der Waals surface area contributed by atoms with Crippen molar-refractivity contribution in [3.8, 4) is 11.8 Å². The monoisotopic (exact) mass is 413 g/mol. The minimum absolute atomic E-state index is 0.193. The van der Waals surface area contributed by atoms with E-state index in [9.17, 15) is 9.59 Å². The molecule has 0 radical (unpaired) electrons. The number of amides is 2. The fourth-order valence-corrected chi connectivity index (χ4v) is 2.98. The van der Waals surface area contributed by atoms with Gasteiger partial charge in [0.25, 0.3) is 11.8 Å². The van der Waals surface area contributed by atoms with Gasteiger partial charge in [-0.2, -0.15) is 5.26 Å². The third-order valence-corrected chi connectivity index (χ3v) is 4.56. The lowest BCUT2D eigenvalue weighted by molar-refractivity contribution is -0.118. The lowest BCUT2D eigenvalue weighted by Crippen LogP contribution is -2.28. The zero-order valence-electron chi connectivity index (χ0n) is 17.0. The van der Waals surface area contributed by atoms with Crippen molar-refractivity contribution in [3.63, 3.8) is 0 Å². The molecule has 6 heteroatoms. The third kappa shape index (κ3) is 6.72. The van der Waals surface area contributed by atoms with Crippen molar-refractivity contribution in [1.82, 2.24) is 5.32 Å². The van der Waals surface area contributed by atoms with E-state index in [1.165, 1.54) is 0 Å². The molecule has 0 bridgehead atoms. The van der Waals surface area contributed by atoms with Crippen LogP contribution >= 0.6 is 0 Å². The highest BCUT2D eigenvalue weighted by Gasteiger charge is 2.13. The van der Waals surface area contributed by atoms with Gasteiger partial charge in [0.15, 0.2) is 6.61 Å². The molecular formula is C25H23N3O3. The summed E-state index contributed by atoms with van der Waals surface area (Å²) in [7, 11) is 0. The molecule has 0 aromatic heterocycles. The lowest BCUT2D eigenvalue weighted by atomic mass is 10.1. The van der Waals surface area contributed by atoms with Gasteiger partial charge in [-0.1, -0.05) is 54.6 Å². The number of rotatable bonds is 9. The predicted molar refractivity (Wildman–Crippen MR) is 119 cm³/mol. The van der Waals surface area contributed by atoms with Crippen LogP contribution in [0.5, 0.6) is 5.75 Å². The second-order valence-electron chi connectivity index (χ2n) is 6.85. The highest BCUT2D eigenvalue weighted by molar-refractivity contribution is 6.04. The first-order chi connectivity index (χ1) is 15.2. The summed E-state index contributed by atoms with van der Waals surface area (Å²) in [4.78, 5) is 24.9. The first-order valence-electron chi connectivity index (χ1n) is 9.95. The molecule has 0 spiro atoms. The van der Waals surface area contributed by atoms with Crippen molar-refractivity contribution in [1.29, 1.82) is 5.26 Å². The van der Waals surface area contributed by atoms with E-state index in [0.717, 1.165) is 17.5 Å². The molecule has 0 fully saturated rings. The Morgan fingerprint density at radius 1 is 0.871 bits per heavy atom. The van der Waals surface area contributed by atoms with Crippen LogP contribution in [0.1, 0.15) is 21.5 Å². The van der Waals surface area contributed by atoms with Crippen LogP contribution in [0.15, 0.2) is 78.9 Å². The maximum atomic E-state index is 12.6. The summed E-state index contributed by atoms with van der Waals surface area (Å²) in [6.07, 6.45) is 1.05. The van der Waals surface area contributed by atoms with E-state index in [0.29, 0.717) is 30.0 Å². The zero-order chi connectivity index (χ0) is 21.9. The largest absolute Gasteiger partial charge is 0.484 e. The topological polar surface area (TPSA) is 91.2 Å². The molecule has 0 saturated heterocycles. The first-order valence-corrected chi connectivity index (χ1v) is 9.95. The van der Waals surface area contributed by atoms with E-state index < -0.39 is 0 Å². The lowest BCUT2D eigenvalue weighted by Gasteiger charge is -2.12. The second-order valence-corrected chi connectivity index (χ2v) is 6.85. The van der Waals surface area contributed by atoms with Crippen molar-refractivity contribution in [3.05, 3.63) is 95.6 Å². The molecule has 0 aliphatic carbocycles. The number of ether oxygens (including phenoxy) is 1. The van der Waals surface area contributed by atoms with Gasteiger partial charge in [-0.15, -0.1) is 0 Å². The van der Waals surface area contributed by atoms with Crippen molar-refractivity contribution < 1.29 is 14.3 Å². The van der Waals surface area contributed by atoms with Gasteiger partial charge >= 0.3 is 0 Å². The number of nitrogens with zero attached hydrogens (tertiary/aromatic N) is 1. The van der Waals surface area contributed by atoms with Crippen LogP contribution in [0.25, 0.3) is 0 Å². The summed E-state index contributed by atoms with van der Waals surface area (Å²) in [6, 6.07) is 25.8. The molecule has 0 aliphatic heterocycles. The van der Waals surface area contributed by atoms with Crippen molar-refractivity contribution in [2.45, 2.75) is 12.8 Å². The molecule has 2 amide bonds. The molecule has 0 unspecified atom stereocenters. The van der Waals surface area contributed by atoms with Crippen LogP contribution in [0, 0.1) is 11.3 Å². The van der Waals surface area contributed by atoms with Crippen LogP contribution in [0.3, 0.4) is 0 Å². The number of hydrogen-bond donors (Lipinski definition) is 2. The van der Waals surface area contributed by atoms with Gasteiger partial charge in [-0.3, -0.25) is 9.59 Å². The van der Waals surface area contributed by atoms with E-state index in [1.807, 2.05) is 30.3 Å². The summed E-state index contributed by atoms with van der Waals surface area (Å²) in [5, 5.41) is 14.3. The SMILES string of the molecule is N#CCc1ccc(OCC(=O)Nc2ccccc2C(=O)NCCc2ccccc2)cc1. The van der Waals surface area contributed by atoms with E-state index in [-0.39, 0.29) is 18.4 Å². The van der Waals surface area contributed by atoms with Gasteiger partial charge in [0, 0.05) is 6.54 Å². The maximum absolute atomic E-state index is 12.6. The summed E-state index contributed by atoms with van der Waals surface area (Å²) in [5.74, 6) is -0.0877. The Balaban J connectivity index is 1.52. The Kier molecular flexibility index (Phi) is 7.78. The summed E-state index contributed by atoms with van der Waals surface area (Å²) in [6.45, 7) is 0.303. The Bertz CT molecular complexity index is 1060. The van der Waals surface area contributed by atoms with Crippen LogP contribution in [0.4, 0.5) is 5.69 Å². The van der Waals surface area contributed by atoms with Gasteiger partial charge in [0.1, 0.15) is 5.75 Å². The number of anilines is 1. The van der Waals surface area contributed by atoms with Crippen LogP contribution < -0.4 is 15.4 Å². The molecule has 0 atom stereocenters. The Labute approximate surface area is 181 Å². The highest BCUT2D eigenvalue weighted by Crippen LogP contribution is 2.16. The summed E-state index contributed by atoms with van der Waals surface area (Å²) < 4.78 is 5.49. The van der Waals surface area contributed by atoms with Crippen molar-refractivity contribution in [2.75, 3.05) is 18.5 Å². The number of para-hydroxylation sites is 1. The van der Waals surface area contributed by atoms with Gasteiger partial charge in [-0.25, -0.2) is 0 Å². The fraction of sp³-hybridized carbons (Fsp3) is 0.160. The first kappa shape index (κ1) is 21.6. The summed E-state index contributed by atoms with van der Waals surface area (Å²) >= 11 is 0. The van der Waals surface area contributed by atoms with Crippen molar-refractivity contribution >= 4 is 17.5 Å². The Morgan fingerprint density at radius 2 is 1.58 bits per heavy atom. The molecule has 0 aliphatic rings. The van der Waals surface area contributed by atoms with E-state index in [2.05, 4.69) is 16.7 Å². The molecule has 2 N–H and O–H groups in total. The van der Waals surface area contributed by atoms with E-state index in [1.54, 1.807) is 48.5 Å². The number of hydrogen-bond acceptors (Lipinski definition) is 4. The van der Waals surface area contributed by atoms with Crippen LogP contribution in [0.2, 0.25) is 0 Å². The average molecular weight is 413 g/mol. The maximum Gasteiger partial charge on any atom is 0.262 e. The van der Waals surface area contributed by atoms with E-state index in [4.69, 9.17) is 10.00 Å². The minimum Gasteiger partial charge on any atom is -0.484 e. The van der Waals surface area contributed by atoms with Gasteiger partial charge in [0.2, 0.25) is 0 Å². The van der Waals surface area contributed by atoms with Gasteiger partial charge < -0.3 is 15.4 Å². The normalized spacial score (nSPS) is 10.0. The average Bonchev–Trinajstić information content (AvgIpc) is 2.80. The third-order valence-electron chi connectivity index (χ3n) is 4.56. The smallest absolute Gasteiger partial charge is 0.262 e. The number of carbonyl (C=O) groups is 2. The quantitative estimate of drug-likeness (QED) is 0.559. The van der Waals surface area contributed by atoms with Crippen molar-refractivity contribution in [2.24, 2.45) is 0 Å². The standard InChI is InChI=1S/C25H23N3O3/c26-16-14-20-10-12-21(13-11-20)31-18-24(29)28-23-9-5-4-8-22(23)25(30)27-17-15-19-6-2-1-3-7-19/h1-13H,14-15,17-18H2,(H,27,30)(H,28,29). The van der Waals surface area contributed by atoms with Gasteiger partial charge in [-0.05, 0) is 41.8 Å². The molecule has 0 heterocycles. The van der Waals surface area contributed by atoms with Crippen LogP contribution in [-0.4, -0.2) is 25.0 Å². The Hall–Kier alpha value is -4.11. The molecule has 156 valence electrons. The van der Waals surface area contributed by atoms with Crippen LogP contribution in [-0.2, 0) is 17.6 Å². The fourth-order valence-electron chi connectivity index (χ4n) is 2.98. The second kappa shape index (κ2) is 11.2. The zero-order valence-corrected chi connectivity index (χ0v) is 17.0. The Morgan fingerprint density at radius 3 is 2.32 bits per heavy atom. The molecule has 6 nitrogen and oxygen atoms in total. The molecule has 31 heavy (non-hydrogen) atoms. The van der Waals surface area contributed by atoms with E-state index >= 15 is 0 Å². The summed E-state index contributed by atoms with van der Waals surface area (Å²) in [5.41, 5.74) is 2.84. The predicted octanol–water partition coefficient (Wildman–Crippen LogP) is 3.74. The molecular weight excluding hydrogens is 390 g/mol. The molecule has 0 saturated carbocycles. The molecule has 3 aromatic carbocycles. The number of nitriles is 1. The number of benzene rings is 3. The molecule has 3 rings (SSSR count). The van der Waals surface area contributed by atoms with Gasteiger partial charge in [0.05, 0.1) is 23.7 Å². The number of nitrogens with one attached hydrogen (secondary N) is 2.